The molecule has 1 rings (SSSR count). The van der Waals surface area contributed by atoms with Crippen molar-refractivity contribution in [3.05, 3.63) is 0 Å². The molecular formula is C10H19N3O2S. The van der Waals surface area contributed by atoms with Crippen molar-refractivity contribution in [1.82, 2.24) is 10.0 Å². The van der Waals surface area contributed by atoms with Gasteiger partial charge in [0.1, 0.15) is 0 Å². The third kappa shape index (κ3) is 4.08. The fraction of sp³-hybridized carbons (Fsp3) is 0.900. The molecule has 1 aliphatic rings. The van der Waals surface area contributed by atoms with E-state index in [2.05, 4.69) is 10.0 Å². The van der Waals surface area contributed by atoms with Crippen LogP contribution in [0.2, 0.25) is 0 Å². The number of nitrogens with one attached hydrogen (secondary N) is 2. The zero-order valence-corrected chi connectivity index (χ0v) is 10.4. The lowest BCUT2D eigenvalue weighted by Gasteiger charge is -2.22. The lowest BCUT2D eigenvalue weighted by molar-refractivity contribution is 0.358. The molecule has 1 fully saturated rings. The molecule has 0 aromatic rings. The predicted octanol–water partition coefficient (Wildman–Crippen LogP) is 0.208. The molecule has 0 amide bonds. The first-order chi connectivity index (χ1) is 7.56. The Labute approximate surface area is 97.3 Å². The van der Waals surface area contributed by atoms with Gasteiger partial charge >= 0.3 is 0 Å². The fourth-order valence-electron chi connectivity index (χ4n) is 1.77. The molecule has 0 aromatic heterocycles. The molecular weight excluding hydrogens is 226 g/mol. The Morgan fingerprint density at radius 2 is 2.38 bits per heavy atom. The van der Waals surface area contributed by atoms with E-state index in [0.717, 1.165) is 32.4 Å². The summed E-state index contributed by atoms with van der Waals surface area (Å²) in [5.41, 5.74) is 0. The zero-order chi connectivity index (χ0) is 12.0. The number of nitrogens with zero attached hydrogens (tertiary/aromatic N) is 1. The van der Waals surface area contributed by atoms with Crippen molar-refractivity contribution in [1.29, 1.82) is 5.26 Å². The standard InChI is InChI=1S/C10H19N3O2S/c1-9(7-11)16(14,15)13-6-4-10-3-2-5-12-8-10/h9-10,12-13H,2-6,8H2,1H3. The minimum atomic E-state index is -3.44. The summed E-state index contributed by atoms with van der Waals surface area (Å²) in [6, 6.07) is 1.73. The maximum absolute atomic E-state index is 11.5. The highest BCUT2D eigenvalue weighted by atomic mass is 32.2. The maximum atomic E-state index is 11.5. The molecule has 6 heteroatoms. The molecule has 1 aliphatic heterocycles. The number of hydrogen-bond acceptors (Lipinski definition) is 4. The van der Waals surface area contributed by atoms with Gasteiger partial charge in [0, 0.05) is 6.54 Å². The topological polar surface area (TPSA) is 82.0 Å². The van der Waals surface area contributed by atoms with Crippen LogP contribution in [0.5, 0.6) is 0 Å². The lowest BCUT2D eigenvalue weighted by atomic mass is 9.96. The van der Waals surface area contributed by atoms with Crippen LogP contribution in [0.4, 0.5) is 0 Å². The largest absolute Gasteiger partial charge is 0.316 e. The molecule has 0 aliphatic carbocycles. The van der Waals surface area contributed by atoms with Gasteiger partial charge in [-0.2, -0.15) is 5.26 Å². The van der Waals surface area contributed by atoms with Crippen molar-refractivity contribution in [2.45, 2.75) is 31.4 Å². The summed E-state index contributed by atoms with van der Waals surface area (Å²) in [7, 11) is -3.44. The van der Waals surface area contributed by atoms with E-state index in [0.29, 0.717) is 12.5 Å². The van der Waals surface area contributed by atoms with E-state index in [1.165, 1.54) is 6.92 Å². The number of piperidine rings is 1. The van der Waals surface area contributed by atoms with Crippen LogP contribution in [-0.2, 0) is 10.0 Å². The van der Waals surface area contributed by atoms with Gasteiger partial charge in [-0.3, -0.25) is 0 Å². The second kappa shape index (κ2) is 6.18. The SMILES string of the molecule is CC(C#N)S(=O)(=O)NCCC1CCCNC1. The molecule has 2 N–H and O–H groups in total. The zero-order valence-electron chi connectivity index (χ0n) is 9.57. The number of sulfonamides is 1. The van der Waals surface area contributed by atoms with Gasteiger partial charge in [0.15, 0.2) is 5.25 Å². The molecule has 0 saturated carbocycles. The van der Waals surface area contributed by atoms with Crippen molar-refractivity contribution >= 4 is 10.0 Å². The van der Waals surface area contributed by atoms with Crippen molar-refractivity contribution in [3.8, 4) is 6.07 Å². The highest BCUT2D eigenvalue weighted by molar-refractivity contribution is 7.90. The van der Waals surface area contributed by atoms with Crippen LogP contribution in [-0.4, -0.2) is 33.3 Å². The van der Waals surface area contributed by atoms with Crippen LogP contribution in [0.1, 0.15) is 26.2 Å². The Balaban J connectivity index is 2.27. The first-order valence-corrected chi connectivity index (χ1v) is 7.19. The third-order valence-electron chi connectivity index (χ3n) is 2.90. The van der Waals surface area contributed by atoms with E-state index in [1.807, 2.05) is 0 Å². The highest BCUT2D eigenvalue weighted by Gasteiger charge is 2.20. The summed E-state index contributed by atoms with van der Waals surface area (Å²) in [4.78, 5) is 0. The molecule has 1 heterocycles. The van der Waals surface area contributed by atoms with Gasteiger partial charge in [-0.15, -0.1) is 0 Å². The molecule has 5 nitrogen and oxygen atoms in total. The predicted molar refractivity (Wildman–Crippen MR) is 62.2 cm³/mol. The number of nitriles is 1. The van der Waals surface area contributed by atoms with Crippen molar-refractivity contribution in [2.75, 3.05) is 19.6 Å². The normalized spacial score (nSPS) is 23.6. The van der Waals surface area contributed by atoms with E-state index < -0.39 is 15.3 Å². The average molecular weight is 245 g/mol. The summed E-state index contributed by atoms with van der Waals surface area (Å²) in [6.45, 7) is 3.86. The van der Waals surface area contributed by atoms with Gasteiger partial charge in [0.05, 0.1) is 6.07 Å². The summed E-state index contributed by atoms with van der Waals surface area (Å²) >= 11 is 0. The smallest absolute Gasteiger partial charge is 0.227 e. The molecule has 92 valence electrons. The number of rotatable bonds is 5. The average Bonchev–Trinajstić information content (AvgIpc) is 2.29. The van der Waals surface area contributed by atoms with E-state index in [4.69, 9.17) is 5.26 Å². The monoisotopic (exact) mass is 245 g/mol. The van der Waals surface area contributed by atoms with Crippen molar-refractivity contribution in [3.63, 3.8) is 0 Å². The van der Waals surface area contributed by atoms with E-state index in [1.54, 1.807) is 6.07 Å². The highest BCUT2D eigenvalue weighted by Crippen LogP contribution is 2.13. The van der Waals surface area contributed by atoms with Gasteiger partial charge in [-0.25, -0.2) is 13.1 Å². The van der Waals surface area contributed by atoms with Gasteiger partial charge < -0.3 is 5.32 Å². The Morgan fingerprint density at radius 1 is 1.62 bits per heavy atom. The summed E-state index contributed by atoms with van der Waals surface area (Å²) < 4.78 is 25.4. The fourth-order valence-corrected chi connectivity index (χ4v) is 2.56. The third-order valence-corrected chi connectivity index (χ3v) is 4.54. The van der Waals surface area contributed by atoms with Crippen LogP contribution in [0.3, 0.4) is 0 Å². The molecule has 2 atom stereocenters. The maximum Gasteiger partial charge on any atom is 0.227 e. The Hall–Kier alpha value is -0.640. The molecule has 0 aromatic carbocycles. The Morgan fingerprint density at radius 3 is 2.94 bits per heavy atom. The summed E-state index contributed by atoms with van der Waals surface area (Å²) in [5.74, 6) is 0.550. The molecule has 1 saturated heterocycles. The second-order valence-corrected chi connectivity index (χ2v) is 6.30. The second-order valence-electron chi connectivity index (χ2n) is 4.21. The van der Waals surface area contributed by atoms with E-state index >= 15 is 0 Å². The minimum absolute atomic E-state index is 0.431. The van der Waals surface area contributed by atoms with E-state index in [-0.39, 0.29) is 0 Å². The van der Waals surface area contributed by atoms with Crippen molar-refractivity contribution in [2.24, 2.45) is 5.92 Å². The van der Waals surface area contributed by atoms with Gasteiger partial charge in [-0.05, 0) is 45.2 Å². The minimum Gasteiger partial charge on any atom is -0.316 e. The summed E-state index contributed by atoms with van der Waals surface area (Å²) in [5, 5.41) is 10.9. The van der Waals surface area contributed by atoms with Crippen LogP contribution in [0.25, 0.3) is 0 Å². The molecule has 0 spiro atoms. The van der Waals surface area contributed by atoms with Crippen LogP contribution in [0, 0.1) is 17.2 Å². The Bertz CT molecular complexity index is 342. The van der Waals surface area contributed by atoms with Gasteiger partial charge in [0.2, 0.25) is 10.0 Å². The van der Waals surface area contributed by atoms with Gasteiger partial charge in [-0.1, -0.05) is 0 Å². The molecule has 0 bridgehead atoms. The van der Waals surface area contributed by atoms with Crippen LogP contribution < -0.4 is 10.0 Å². The van der Waals surface area contributed by atoms with Gasteiger partial charge in [0.25, 0.3) is 0 Å². The van der Waals surface area contributed by atoms with E-state index in [9.17, 15) is 8.42 Å². The lowest BCUT2D eigenvalue weighted by Crippen LogP contribution is -2.35. The molecule has 16 heavy (non-hydrogen) atoms. The Kier molecular flexibility index (Phi) is 5.19. The first kappa shape index (κ1) is 13.4. The first-order valence-electron chi connectivity index (χ1n) is 5.65. The van der Waals surface area contributed by atoms with Crippen LogP contribution in [0.15, 0.2) is 0 Å². The van der Waals surface area contributed by atoms with Crippen LogP contribution >= 0.6 is 0 Å². The molecule has 2 unspecified atom stereocenters. The molecule has 0 radical (unpaired) electrons. The quantitative estimate of drug-likeness (QED) is 0.725. The summed E-state index contributed by atoms with van der Waals surface area (Å²) in [6.07, 6.45) is 3.15. The van der Waals surface area contributed by atoms with Crippen molar-refractivity contribution < 1.29 is 8.42 Å². The number of hydrogen-bond donors (Lipinski definition) is 2.